The predicted molar refractivity (Wildman–Crippen MR) is 58.8 cm³/mol. The van der Waals surface area contributed by atoms with Gasteiger partial charge in [0, 0.05) is 16.7 Å². The van der Waals surface area contributed by atoms with Crippen LogP contribution in [0.5, 0.6) is 0 Å². The van der Waals surface area contributed by atoms with Crippen molar-refractivity contribution in [2.24, 2.45) is 0 Å². The summed E-state index contributed by atoms with van der Waals surface area (Å²) in [4.78, 5) is 14.5. The number of nitrogen functional groups attached to an aromatic ring is 1. The molecule has 0 aliphatic heterocycles. The SMILES string of the molecule is Nc1ncc(Br)cc1-c1cc(C(=O)O)no1. The van der Waals surface area contributed by atoms with Gasteiger partial charge in [-0.15, -0.1) is 0 Å². The zero-order valence-electron chi connectivity index (χ0n) is 7.85. The molecule has 7 heteroatoms. The maximum Gasteiger partial charge on any atom is 0.358 e. The molecule has 0 aliphatic carbocycles. The number of carboxylic acids is 1. The van der Waals surface area contributed by atoms with Gasteiger partial charge in [0.2, 0.25) is 0 Å². The predicted octanol–water partition coefficient (Wildman–Crippen LogP) is 1.78. The van der Waals surface area contributed by atoms with Crippen LogP contribution in [0.3, 0.4) is 0 Å². The Labute approximate surface area is 98.2 Å². The first kappa shape index (κ1) is 10.6. The Morgan fingerprint density at radius 3 is 2.88 bits per heavy atom. The lowest BCUT2D eigenvalue weighted by molar-refractivity contribution is 0.0686. The van der Waals surface area contributed by atoms with Crippen LogP contribution in [0.4, 0.5) is 5.82 Å². The van der Waals surface area contributed by atoms with Crippen molar-refractivity contribution < 1.29 is 14.4 Å². The Balaban J connectivity index is 2.50. The van der Waals surface area contributed by atoms with E-state index in [4.69, 9.17) is 15.4 Å². The first-order valence-electron chi connectivity index (χ1n) is 4.19. The third-order valence-corrected chi connectivity index (χ3v) is 2.31. The molecule has 0 saturated carbocycles. The van der Waals surface area contributed by atoms with E-state index in [1.54, 1.807) is 6.07 Å². The normalized spacial score (nSPS) is 10.3. The average molecular weight is 284 g/mol. The van der Waals surface area contributed by atoms with Crippen LogP contribution in [-0.4, -0.2) is 21.2 Å². The quantitative estimate of drug-likeness (QED) is 0.871. The van der Waals surface area contributed by atoms with Gasteiger partial charge in [-0.2, -0.15) is 0 Å². The van der Waals surface area contributed by atoms with Crippen molar-refractivity contribution in [3.8, 4) is 11.3 Å². The molecule has 0 spiro atoms. The van der Waals surface area contributed by atoms with Crippen molar-refractivity contribution in [3.05, 3.63) is 28.5 Å². The number of hydrogen-bond donors (Lipinski definition) is 2. The van der Waals surface area contributed by atoms with Crippen molar-refractivity contribution in [2.45, 2.75) is 0 Å². The van der Waals surface area contributed by atoms with E-state index >= 15 is 0 Å². The number of rotatable bonds is 2. The molecule has 82 valence electrons. The molecular formula is C9H6BrN3O3. The number of halogens is 1. The van der Waals surface area contributed by atoms with Crippen molar-refractivity contribution in [3.63, 3.8) is 0 Å². The molecule has 0 fully saturated rings. The Kier molecular flexibility index (Phi) is 2.61. The molecular weight excluding hydrogens is 278 g/mol. The van der Waals surface area contributed by atoms with Crippen molar-refractivity contribution >= 4 is 27.7 Å². The fourth-order valence-electron chi connectivity index (χ4n) is 1.15. The zero-order valence-corrected chi connectivity index (χ0v) is 9.43. The molecule has 2 rings (SSSR count). The molecule has 0 amide bonds. The monoisotopic (exact) mass is 283 g/mol. The molecule has 0 aliphatic rings. The highest BCUT2D eigenvalue weighted by Crippen LogP contribution is 2.27. The van der Waals surface area contributed by atoms with E-state index in [2.05, 4.69) is 26.1 Å². The Morgan fingerprint density at radius 2 is 2.25 bits per heavy atom. The van der Waals surface area contributed by atoms with Gasteiger partial charge in [-0.25, -0.2) is 9.78 Å². The first-order valence-corrected chi connectivity index (χ1v) is 4.98. The minimum absolute atomic E-state index is 0.172. The highest BCUT2D eigenvalue weighted by molar-refractivity contribution is 9.10. The summed E-state index contributed by atoms with van der Waals surface area (Å²) in [7, 11) is 0. The molecule has 0 radical (unpaired) electrons. The highest BCUT2D eigenvalue weighted by Gasteiger charge is 2.14. The van der Waals surface area contributed by atoms with Crippen LogP contribution < -0.4 is 5.73 Å². The third-order valence-electron chi connectivity index (χ3n) is 1.88. The number of nitrogens with two attached hydrogens (primary N) is 1. The molecule has 6 nitrogen and oxygen atoms in total. The number of aromatic carboxylic acids is 1. The molecule has 0 bridgehead atoms. The van der Waals surface area contributed by atoms with Crippen molar-refractivity contribution in [1.82, 2.24) is 10.1 Å². The Hall–Kier alpha value is -1.89. The number of carboxylic acid groups (broad SMARTS) is 1. The fourth-order valence-corrected chi connectivity index (χ4v) is 1.48. The standard InChI is InChI=1S/C9H6BrN3O3/c10-4-1-5(8(11)12-3-4)7-2-6(9(14)15)13-16-7/h1-3H,(H2,11,12)(H,14,15). The van der Waals surface area contributed by atoms with E-state index in [-0.39, 0.29) is 17.3 Å². The van der Waals surface area contributed by atoms with Gasteiger partial charge in [-0.1, -0.05) is 5.16 Å². The number of carbonyl (C=O) groups is 1. The van der Waals surface area contributed by atoms with Crippen LogP contribution in [0.15, 0.2) is 27.3 Å². The number of nitrogens with zero attached hydrogens (tertiary/aromatic N) is 2. The molecule has 0 unspecified atom stereocenters. The molecule has 16 heavy (non-hydrogen) atoms. The average Bonchev–Trinajstić information content (AvgIpc) is 2.70. The van der Waals surface area contributed by atoms with Crippen molar-refractivity contribution in [1.29, 1.82) is 0 Å². The van der Waals surface area contributed by atoms with Crippen LogP contribution in [0.2, 0.25) is 0 Å². The van der Waals surface area contributed by atoms with Crippen LogP contribution >= 0.6 is 15.9 Å². The van der Waals surface area contributed by atoms with Gasteiger partial charge < -0.3 is 15.4 Å². The lowest BCUT2D eigenvalue weighted by Crippen LogP contribution is -1.95. The van der Waals surface area contributed by atoms with Gasteiger partial charge in [-0.05, 0) is 22.0 Å². The summed E-state index contributed by atoms with van der Waals surface area (Å²) in [5, 5.41) is 12.1. The van der Waals surface area contributed by atoms with Crippen molar-refractivity contribution in [2.75, 3.05) is 5.73 Å². The molecule has 2 aromatic heterocycles. The summed E-state index contributed by atoms with van der Waals surface area (Å²) < 4.78 is 5.59. The first-order chi connectivity index (χ1) is 7.58. The van der Waals surface area contributed by atoms with Crippen LogP contribution in [-0.2, 0) is 0 Å². The van der Waals surface area contributed by atoms with Gasteiger partial charge in [0.15, 0.2) is 11.5 Å². The molecule has 0 aromatic carbocycles. The van der Waals surface area contributed by atoms with E-state index in [9.17, 15) is 4.79 Å². The third kappa shape index (κ3) is 1.89. The van der Waals surface area contributed by atoms with Crippen LogP contribution in [0.1, 0.15) is 10.5 Å². The second-order valence-corrected chi connectivity index (χ2v) is 3.88. The lowest BCUT2D eigenvalue weighted by Gasteiger charge is -1.99. The van der Waals surface area contributed by atoms with Gasteiger partial charge in [0.05, 0.1) is 5.56 Å². The summed E-state index contributed by atoms with van der Waals surface area (Å²) in [6.45, 7) is 0. The molecule has 0 atom stereocenters. The highest BCUT2D eigenvalue weighted by atomic mass is 79.9. The second kappa shape index (κ2) is 3.93. The largest absolute Gasteiger partial charge is 0.476 e. The van der Waals surface area contributed by atoms with Gasteiger partial charge in [-0.3, -0.25) is 0 Å². The summed E-state index contributed by atoms with van der Waals surface area (Å²) in [5.74, 6) is -0.642. The number of anilines is 1. The van der Waals surface area contributed by atoms with E-state index in [0.717, 1.165) is 0 Å². The maximum atomic E-state index is 10.6. The Bertz CT molecular complexity index is 553. The lowest BCUT2D eigenvalue weighted by atomic mass is 10.2. The van der Waals surface area contributed by atoms with Gasteiger partial charge >= 0.3 is 5.97 Å². The molecule has 2 heterocycles. The molecule has 0 saturated heterocycles. The second-order valence-electron chi connectivity index (χ2n) is 2.97. The summed E-state index contributed by atoms with van der Waals surface area (Å²) in [6.07, 6.45) is 1.54. The van der Waals surface area contributed by atoms with E-state index in [0.29, 0.717) is 10.0 Å². The number of aromatic nitrogens is 2. The Morgan fingerprint density at radius 1 is 1.50 bits per heavy atom. The minimum atomic E-state index is -1.16. The van der Waals surface area contributed by atoms with Crippen LogP contribution in [0, 0.1) is 0 Å². The fraction of sp³-hybridized carbons (Fsp3) is 0. The number of hydrogen-bond acceptors (Lipinski definition) is 5. The van der Waals surface area contributed by atoms with E-state index < -0.39 is 5.97 Å². The van der Waals surface area contributed by atoms with E-state index in [1.807, 2.05) is 0 Å². The molecule has 2 aromatic rings. The van der Waals surface area contributed by atoms with Crippen LogP contribution in [0.25, 0.3) is 11.3 Å². The summed E-state index contributed by atoms with van der Waals surface area (Å²) in [5.41, 5.74) is 5.96. The molecule has 3 N–H and O–H groups in total. The zero-order chi connectivity index (χ0) is 11.7. The summed E-state index contributed by atoms with van der Waals surface area (Å²) >= 11 is 3.23. The van der Waals surface area contributed by atoms with E-state index in [1.165, 1.54) is 12.3 Å². The maximum absolute atomic E-state index is 10.6. The van der Waals surface area contributed by atoms with Gasteiger partial charge in [0.25, 0.3) is 0 Å². The number of pyridine rings is 1. The smallest absolute Gasteiger partial charge is 0.358 e. The minimum Gasteiger partial charge on any atom is -0.476 e. The van der Waals surface area contributed by atoms with Gasteiger partial charge in [0.1, 0.15) is 5.82 Å². The topological polar surface area (TPSA) is 102 Å². The summed E-state index contributed by atoms with van der Waals surface area (Å²) in [6, 6.07) is 2.97.